The van der Waals surface area contributed by atoms with Gasteiger partial charge in [0.15, 0.2) is 0 Å². The number of nitrogens with zero attached hydrogens (tertiary/aromatic N) is 1. The standard InChI is InChI=1S/C21H28Cl2N2O7/c1-21(2,3)32-20(30)24-13(10-26)18(27)25-8-7-11(9-14(25)19(28)29)16-15(31-4)6-5-12(22)17(16)23/h5-6,11,13-14,26H,7-10H2,1-4H3,(H,24,30)(H,28,29)/t11-,13?,14+/m1/s1. The summed E-state index contributed by atoms with van der Waals surface area (Å²) in [5, 5.41) is 22.3. The second kappa shape index (κ2) is 10.6. The van der Waals surface area contributed by atoms with Gasteiger partial charge in [-0.1, -0.05) is 23.2 Å². The molecule has 0 spiro atoms. The van der Waals surface area contributed by atoms with Crippen molar-refractivity contribution in [3.05, 3.63) is 27.7 Å². The number of carbonyl (C=O) groups is 3. The summed E-state index contributed by atoms with van der Waals surface area (Å²) in [6.07, 6.45) is -0.444. The molecule has 1 fully saturated rings. The van der Waals surface area contributed by atoms with E-state index in [2.05, 4.69) is 5.32 Å². The molecule has 11 heteroatoms. The monoisotopic (exact) mass is 490 g/mol. The second-order valence-corrected chi connectivity index (χ2v) is 9.25. The van der Waals surface area contributed by atoms with E-state index in [1.54, 1.807) is 32.9 Å². The van der Waals surface area contributed by atoms with Gasteiger partial charge in [-0.2, -0.15) is 0 Å². The molecule has 178 valence electrons. The molecule has 1 aliphatic heterocycles. The van der Waals surface area contributed by atoms with Crippen molar-refractivity contribution in [2.45, 2.75) is 57.2 Å². The topological polar surface area (TPSA) is 125 Å². The van der Waals surface area contributed by atoms with Crippen LogP contribution in [0.3, 0.4) is 0 Å². The van der Waals surface area contributed by atoms with Crippen LogP contribution in [0.15, 0.2) is 12.1 Å². The van der Waals surface area contributed by atoms with Gasteiger partial charge in [0, 0.05) is 12.1 Å². The number of piperidine rings is 1. The van der Waals surface area contributed by atoms with Gasteiger partial charge in [-0.15, -0.1) is 0 Å². The third kappa shape index (κ3) is 6.17. The van der Waals surface area contributed by atoms with Crippen LogP contribution in [0.4, 0.5) is 4.79 Å². The van der Waals surface area contributed by atoms with Gasteiger partial charge in [-0.25, -0.2) is 9.59 Å². The Bertz CT molecular complexity index is 872. The largest absolute Gasteiger partial charge is 0.496 e. The Hall–Kier alpha value is -2.23. The first kappa shape index (κ1) is 26.0. The number of likely N-dealkylation sites (tertiary alicyclic amines) is 1. The normalized spacial score (nSPS) is 19.8. The number of aliphatic carboxylic acids is 1. The highest BCUT2D eigenvalue weighted by Gasteiger charge is 2.41. The van der Waals surface area contributed by atoms with Crippen LogP contribution in [0.25, 0.3) is 0 Å². The number of carboxylic acids is 1. The number of aliphatic hydroxyl groups is 1. The van der Waals surface area contributed by atoms with Crippen molar-refractivity contribution in [2.24, 2.45) is 0 Å². The van der Waals surface area contributed by atoms with Crippen LogP contribution >= 0.6 is 23.2 Å². The van der Waals surface area contributed by atoms with Crippen LogP contribution in [-0.4, -0.2) is 71.0 Å². The number of aliphatic hydroxyl groups excluding tert-OH is 1. The average Bonchev–Trinajstić information content (AvgIpc) is 2.71. The number of nitrogens with one attached hydrogen (secondary N) is 1. The van der Waals surface area contributed by atoms with E-state index in [4.69, 9.17) is 32.7 Å². The van der Waals surface area contributed by atoms with Crippen LogP contribution in [0.1, 0.15) is 45.1 Å². The first-order chi connectivity index (χ1) is 14.9. The van der Waals surface area contributed by atoms with Crippen molar-refractivity contribution >= 4 is 41.2 Å². The SMILES string of the molecule is COc1ccc(Cl)c(Cl)c1[C@@H]1CCN(C(=O)C(CO)NC(=O)OC(C)(C)C)[C@H](C(=O)O)C1. The summed E-state index contributed by atoms with van der Waals surface area (Å²) < 4.78 is 10.5. The molecule has 0 saturated carbocycles. The van der Waals surface area contributed by atoms with E-state index in [1.165, 1.54) is 7.11 Å². The zero-order valence-corrected chi connectivity index (χ0v) is 19.9. The van der Waals surface area contributed by atoms with Gasteiger partial charge in [-0.3, -0.25) is 4.79 Å². The molecule has 3 N–H and O–H groups in total. The zero-order valence-electron chi connectivity index (χ0n) is 18.4. The number of carbonyl (C=O) groups excluding carboxylic acids is 2. The molecule has 1 unspecified atom stereocenters. The fourth-order valence-corrected chi connectivity index (χ4v) is 4.14. The minimum atomic E-state index is -1.34. The van der Waals surface area contributed by atoms with E-state index in [0.717, 1.165) is 4.90 Å². The third-order valence-electron chi connectivity index (χ3n) is 5.06. The molecule has 2 amide bonds. The molecular weight excluding hydrogens is 463 g/mol. The maximum atomic E-state index is 13.0. The number of hydrogen-bond donors (Lipinski definition) is 3. The van der Waals surface area contributed by atoms with Gasteiger partial charge >= 0.3 is 12.1 Å². The Balaban J connectivity index is 2.24. The number of carboxylic acid groups (broad SMARTS) is 1. The summed E-state index contributed by atoms with van der Waals surface area (Å²) in [5.74, 6) is -1.77. The van der Waals surface area contributed by atoms with Crippen molar-refractivity contribution in [1.82, 2.24) is 10.2 Å². The van der Waals surface area contributed by atoms with Gasteiger partial charge in [0.25, 0.3) is 0 Å². The molecule has 1 heterocycles. The number of alkyl carbamates (subject to hydrolysis) is 1. The average molecular weight is 491 g/mol. The summed E-state index contributed by atoms with van der Waals surface area (Å²) in [4.78, 5) is 38.2. The highest BCUT2D eigenvalue weighted by atomic mass is 35.5. The fraction of sp³-hybridized carbons (Fsp3) is 0.571. The Morgan fingerprint density at radius 2 is 1.94 bits per heavy atom. The summed E-state index contributed by atoms with van der Waals surface area (Å²) >= 11 is 12.5. The van der Waals surface area contributed by atoms with E-state index >= 15 is 0 Å². The molecule has 0 bridgehead atoms. The van der Waals surface area contributed by atoms with E-state index in [-0.39, 0.29) is 23.9 Å². The lowest BCUT2D eigenvalue weighted by Gasteiger charge is -2.39. The van der Waals surface area contributed by atoms with Gasteiger partial charge in [0.05, 0.1) is 23.8 Å². The Morgan fingerprint density at radius 3 is 2.47 bits per heavy atom. The van der Waals surface area contributed by atoms with Gasteiger partial charge in [0.2, 0.25) is 5.91 Å². The lowest BCUT2D eigenvalue weighted by molar-refractivity contribution is -0.153. The van der Waals surface area contributed by atoms with Gasteiger partial charge in [0.1, 0.15) is 23.4 Å². The van der Waals surface area contributed by atoms with Gasteiger partial charge in [-0.05, 0) is 51.7 Å². The lowest BCUT2D eigenvalue weighted by atomic mass is 9.84. The van der Waals surface area contributed by atoms with E-state index in [9.17, 15) is 24.6 Å². The van der Waals surface area contributed by atoms with Crippen LogP contribution in [-0.2, 0) is 14.3 Å². The third-order valence-corrected chi connectivity index (χ3v) is 5.88. The summed E-state index contributed by atoms with van der Waals surface area (Å²) in [6.45, 7) is 4.33. The summed E-state index contributed by atoms with van der Waals surface area (Å²) in [5.41, 5.74) is -0.213. The van der Waals surface area contributed by atoms with E-state index < -0.39 is 42.3 Å². The molecule has 0 radical (unpaired) electrons. The van der Waals surface area contributed by atoms with Crippen molar-refractivity contribution in [2.75, 3.05) is 20.3 Å². The number of amides is 2. The maximum absolute atomic E-state index is 13.0. The Labute approximate surface area is 196 Å². The summed E-state index contributed by atoms with van der Waals surface area (Å²) in [7, 11) is 1.48. The molecule has 32 heavy (non-hydrogen) atoms. The van der Waals surface area contributed by atoms with Crippen LogP contribution < -0.4 is 10.1 Å². The maximum Gasteiger partial charge on any atom is 0.408 e. The van der Waals surface area contributed by atoms with Crippen molar-refractivity contribution in [3.63, 3.8) is 0 Å². The quantitative estimate of drug-likeness (QED) is 0.559. The minimum absolute atomic E-state index is 0.0576. The van der Waals surface area contributed by atoms with Crippen LogP contribution in [0, 0.1) is 0 Å². The molecule has 9 nitrogen and oxygen atoms in total. The smallest absolute Gasteiger partial charge is 0.408 e. The Morgan fingerprint density at radius 1 is 1.28 bits per heavy atom. The van der Waals surface area contributed by atoms with Crippen molar-refractivity contribution in [1.29, 1.82) is 0 Å². The first-order valence-electron chi connectivity index (χ1n) is 10.0. The molecular formula is C21H28Cl2N2O7. The van der Waals surface area contributed by atoms with Gasteiger partial charge < -0.3 is 29.9 Å². The Kier molecular flexibility index (Phi) is 8.61. The predicted molar refractivity (Wildman–Crippen MR) is 118 cm³/mol. The molecule has 1 aromatic carbocycles. The molecule has 0 aromatic heterocycles. The number of hydrogen-bond acceptors (Lipinski definition) is 6. The van der Waals surface area contributed by atoms with Crippen LogP contribution in [0.5, 0.6) is 5.75 Å². The minimum Gasteiger partial charge on any atom is -0.496 e. The number of ether oxygens (including phenoxy) is 2. The molecule has 1 saturated heterocycles. The van der Waals surface area contributed by atoms with Crippen LogP contribution in [0.2, 0.25) is 10.0 Å². The van der Waals surface area contributed by atoms with E-state index in [0.29, 0.717) is 22.8 Å². The number of halogens is 2. The van der Waals surface area contributed by atoms with Crippen molar-refractivity contribution in [3.8, 4) is 5.75 Å². The first-order valence-corrected chi connectivity index (χ1v) is 10.8. The second-order valence-electron chi connectivity index (χ2n) is 8.47. The molecule has 0 aliphatic carbocycles. The number of rotatable bonds is 6. The summed E-state index contributed by atoms with van der Waals surface area (Å²) in [6, 6.07) is 0.708. The highest BCUT2D eigenvalue weighted by Crippen LogP contribution is 2.43. The van der Waals surface area contributed by atoms with E-state index in [1.807, 2.05) is 0 Å². The fourth-order valence-electron chi connectivity index (χ4n) is 3.67. The molecule has 3 atom stereocenters. The van der Waals surface area contributed by atoms with Crippen molar-refractivity contribution < 1.29 is 34.1 Å². The molecule has 1 aromatic rings. The molecule has 2 rings (SSSR count). The number of methoxy groups -OCH3 is 1. The molecule has 1 aliphatic rings. The number of benzene rings is 1. The lowest BCUT2D eigenvalue weighted by Crippen LogP contribution is -2.57. The highest BCUT2D eigenvalue weighted by molar-refractivity contribution is 6.42. The zero-order chi connectivity index (χ0) is 24.2. The predicted octanol–water partition coefficient (Wildman–Crippen LogP) is 3.05.